The molecule has 0 aliphatic heterocycles. The molecule has 0 unspecified atom stereocenters. The molecule has 16 heavy (non-hydrogen) atoms. The second-order valence-electron chi connectivity index (χ2n) is 4.79. The van der Waals surface area contributed by atoms with E-state index in [4.69, 9.17) is 10.2 Å². The lowest BCUT2D eigenvalue weighted by molar-refractivity contribution is -0.137. The molecule has 0 radical (unpaired) electrons. The van der Waals surface area contributed by atoms with Gasteiger partial charge in [-0.1, -0.05) is 20.8 Å². The third kappa shape index (κ3) is 4.79. The van der Waals surface area contributed by atoms with Crippen LogP contribution in [0.25, 0.3) is 0 Å². The molecule has 0 aromatic rings. The average Bonchev–Trinajstić information content (AvgIpc) is 2.09. The van der Waals surface area contributed by atoms with Gasteiger partial charge in [0, 0.05) is 17.5 Å². The molecule has 0 aliphatic carbocycles. The highest BCUT2D eigenvalue weighted by Gasteiger charge is 2.36. The highest BCUT2D eigenvalue weighted by molar-refractivity contribution is 7.65. The van der Waals surface area contributed by atoms with Crippen molar-refractivity contribution in [3.63, 3.8) is 0 Å². The summed E-state index contributed by atoms with van der Waals surface area (Å²) in [6.07, 6.45) is -0.208. The first-order valence-corrected chi connectivity index (χ1v) is 7.18. The second-order valence-corrected chi connectivity index (χ2v) is 8.81. The maximum absolute atomic E-state index is 12.5. The molecule has 0 saturated heterocycles. The molecule has 0 spiro atoms. The van der Waals surface area contributed by atoms with Crippen molar-refractivity contribution in [2.45, 2.75) is 38.8 Å². The zero-order valence-corrected chi connectivity index (χ0v) is 10.8. The Morgan fingerprint density at radius 2 is 1.31 bits per heavy atom. The van der Waals surface area contributed by atoms with E-state index in [0.717, 1.165) is 0 Å². The van der Waals surface area contributed by atoms with Gasteiger partial charge in [0.15, 0.2) is 0 Å². The maximum Gasteiger partial charge on any atom is 0.303 e. The fraction of sp³-hybridized carbons (Fsp3) is 0.800. The summed E-state index contributed by atoms with van der Waals surface area (Å²) in [4.78, 5) is 20.9. The van der Waals surface area contributed by atoms with Crippen LogP contribution in [0.5, 0.6) is 0 Å². The summed E-state index contributed by atoms with van der Waals surface area (Å²) in [7, 11) is -2.77. The molecule has 0 aromatic carbocycles. The summed E-state index contributed by atoms with van der Waals surface area (Å²) in [5, 5.41) is 16.6. The monoisotopic (exact) mass is 250 g/mol. The summed E-state index contributed by atoms with van der Waals surface area (Å²) >= 11 is 0. The molecule has 94 valence electrons. The van der Waals surface area contributed by atoms with Gasteiger partial charge in [-0.05, 0) is 0 Å². The highest BCUT2D eigenvalue weighted by atomic mass is 31.2. The van der Waals surface area contributed by atoms with Crippen molar-refractivity contribution in [3.05, 3.63) is 0 Å². The third-order valence-corrected chi connectivity index (χ3v) is 6.93. The van der Waals surface area contributed by atoms with E-state index in [2.05, 4.69) is 0 Å². The molecule has 0 amide bonds. The van der Waals surface area contributed by atoms with Crippen molar-refractivity contribution in [1.29, 1.82) is 0 Å². The number of carboxylic acid groups (broad SMARTS) is 2. The molecule has 0 aromatic heterocycles. The van der Waals surface area contributed by atoms with Gasteiger partial charge in [0.1, 0.15) is 0 Å². The predicted molar refractivity (Wildman–Crippen MR) is 61.6 cm³/mol. The average molecular weight is 250 g/mol. The maximum atomic E-state index is 12.5. The molecular weight excluding hydrogens is 231 g/mol. The molecule has 0 atom stereocenters. The molecule has 0 rings (SSSR count). The van der Waals surface area contributed by atoms with Gasteiger partial charge in [-0.2, -0.15) is 0 Å². The predicted octanol–water partition coefficient (Wildman–Crippen LogP) is 2.10. The van der Waals surface area contributed by atoms with Gasteiger partial charge in [-0.3, -0.25) is 9.59 Å². The topological polar surface area (TPSA) is 91.7 Å². The lowest BCUT2D eigenvalue weighted by Gasteiger charge is -2.30. The summed E-state index contributed by atoms with van der Waals surface area (Å²) in [6, 6.07) is 0. The van der Waals surface area contributed by atoms with Gasteiger partial charge in [-0.25, -0.2) is 0 Å². The van der Waals surface area contributed by atoms with E-state index in [-0.39, 0.29) is 25.2 Å². The van der Waals surface area contributed by atoms with Crippen molar-refractivity contribution >= 4 is 19.1 Å². The summed E-state index contributed by atoms with van der Waals surface area (Å²) in [5.74, 6) is -2.00. The van der Waals surface area contributed by atoms with Gasteiger partial charge in [-0.15, -0.1) is 0 Å². The largest absolute Gasteiger partial charge is 0.481 e. The standard InChI is InChI=1S/C10H19O5P/c1-10(2,3)16(15,6-4-8(11)12)7-5-9(13)14/h4-7H2,1-3H3,(H,11,12)(H,13,14). The normalized spacial score (nSPS) is 12.4. The van der Waals surface area contributed by atoms with E-state index < -0.39 is 24.2 Å². The van der Waals surface area contributed by atoms with Gasteiger partial charge < -0.3 is 14.8 Å². The van der Waals surface area contributed by atoms with Crippen LogP contribution in [-0.2, 0) is 14.2 Å². The molecule has 0 fully saturated rings. The van der Waals surface area contributed by atoms with Crippen molar-refractivity contribution in [3.8, 4) is 0 Å². The Kier molecular flexibility index (Phi) is 5.20. The minimum absolute atomic E-state index is 0.0686. The fourth-order valence-corrected chi connectivity index (χ4v) is 4.01. The number of aliphatic carboxylic acids is 2. The Balaban J connectivity index is 4.69. The van der Waals surface area contributed by atoms with E-state index in [9.17, 15) is 14.2 Å². The Labute approximate surface area is 95.2 Å². The molecular formula is C10H19O5P. The van der Waals surface area contributed by atoms with Crippen molar-refractivity contribution < 1.29 is 24.4 Å². The minimum Gasteiger partial charge on any atom is -0.481 e. The first-order valence-electron chi connectivity index (χ1n) is 5.10. The van der Waals surface area contributed by atoms with Gasteiger partial charge in [0.2, 0.25) is 0 Å². The zero-order valence-electron chi connectivity index (χ0n) is 9.89. The molecule has 0 bridgehead atoms. The van der Waals surface area contributed by atoms with Crippen LogP contribution < -0.4 is 0 Å². The molecule has 2 N–H and O–H groups in total. The van der Waals surface area contributed by atoms with Crippen LogP contribution in [0.4, 0.5) is 0 Å². The molecule has 6 heteroatoms. The number of carbonyl (C=O) groups is 2. The lowest BCUT2D eigenvalue weighted by atomic mass is 10.3. The molecule has 5 nitrogen and oxygen atoms in total. The van der Waals surface area contributed by atoms with E-state index in [1.807, 2.05) is 0 Å². The zero-order chi connectivity index (χ0) is 13.0. The van der Waals surface area contributed by atoms with Crippen LogP contribution >= 0.6 is 7.14 Å². The van der Waals surface area contributed by atoms with Gasteiger partial charge in [0.25, 0.3) is 0 Å². The number of carboxylic acids is 2. The molecule has 0 heterocycles. The van der Waals surface area contributed by atoms with E-state index in [1.54, 1.807) is 20.8 Å². The Morgan fingerprint density at radius 3 is 1.50 bits per heavy atom. The number of rotatable bonds is 6. The minimum atomic E-state index is -2.77. The third-order valence-electron chi connectivity index (χ3n) is 2.60. The second kappa shape index (κ2) is 5.48. The highest BCUT2D eigenvalue weighted by Crippen LogP contribution is 2.58. The summed E-state index contributed by atoms with van der Waals surface area (Å²) < 4.78 is 12.5. The van der Waals surface area contributed by atoms with Crippen LogP contribution in [0.3, 0.4) is 0 Å². The first kappa shape index (κ1) is 15.2. The van der Waals surface area contributed by atoms with Crippen molar-refractivity contribution in [1.82, 2.24) is 0 Å². The quantitative estimate of drug-likeness (QED) is 0.704. The van der Waals surface area contributed by atoms with Crippen LogP contribution in [0.2, 0.25) is 0 Å². The Hall–Kier alpha value is -0.830. The van der Waals surface area contributed by atoms with Crippen LogP contribution in [-0.4, -0.2) is 39.6 Å². The first-order chi connectivity index (χ1) is 7.08. The lowest BCUT2D eigenvalue weighted by Crippen LogP contribution is -2.21. The van der Waals surface area contributed by atoms with Gasteiger partial charge >= 0.3 is 11.9 Å². The Bertz CT molecular complexity index is 294. The van der Waals surface area contributed by atoms with Crippen LogP contribution in [0.1, 0.15) is 33.6 Å². The van der Waals surface area contributed by atoms with Crippen LogP contribution in [0, 0.1) is 0 Å². The van der Waals surface area contributed by atoms with Crippen LogP contribution in [0.15, 0.2) is 0 Å². The number of hydrogen-bond donors (Lipinski definition) is 2. The van der Waals surface area contributed by atoms with E-state index in [0.29, 0.717) is 0 Å². The summed E-state index contributed by atoms with van der Waals surface area (Å²) in [5.41, 5.74) is 0. The SMILES string of the molecule is CC(C)(C)P(=O)(CCC(=O)O)CCC(=O)O. The van der Waals surface area contributed by atoms with E-state index in [1.165, 1.54) is 0 Å². The smallest absolute Gasteiger partial charge is 0.303 e. The molecule has 0 aliphatic rings. The van der Waals surface area contributed by atoms with Crippen molar-refractivity contribution in [2.24, 2.45) is 0 Å². The Morgan fingerprint density at radius 1 is 1.00 bits per heavy atom. The van der Waals surface area contributed by atoms with E-state index >= 15 is 0 Å². The molecule has 0 saturated carbocycles. The van der Waals surface area contributed by atoms with Gasteiger partial charge in [0.05, 0.1) is 20.0 Å². The number of hydrogen-bond acceptors (Lipinski definition) is 3. The fourth-order valence-electron chi connectivity index (χ4n) is 1.34. The van der Waals surface area contributed by atoms with Crippen molar-refractivity contribution in [2.75, 3.05) is 12.3 Å². The summed E-state index contributed by atoms with van der Waals surface area (Å²) in [6.45, 7) is 5.28.